The maximum Gasteiger partial charge on any atom is 0.407 e. The van der Waals surface area contributed by atoms with E-state index in [4.69, 9.17) is 4.74 Å². The molecule has 34 heavy (non-hydrogen) atoms. The Morgan fingerprint density at radius 2 is 1.74 bits per heavy atom. The molecule has 0 aromatic carbocycles. The zero-order valence-corrected chi connectivity index (χ0v) is 22.4. The van der Waals surface area contributed by atoms with Crippen LogP contribution in [0, 0.1) is 52.3 Å². The van der Waals surface area contributed by atoms with Crippen LogP contribution in [-0.2, 0) is 4.74 Å². The molecule has 0 aliphatic heterocycles. The number of ether oxygens (including phenoxy) is 1. The van der Waals surface area contributed by atoms with Gasteiger partial charge >= 0.3 is 6.09 Å². The SMILES string of the molecule is CC[C@H]1C[C@@H]2[C@H](CC[C@]3(C)[C@@H]([C@H](C)CCCOC(=O)NC4CC4)CC[C@@H]23)[C@@]2(C)CC[C@@H](O)C[C@@H]12. The second kappa shape index (κ2) is 9.60. The van der Waals surface area contributed by atoms with Gasteiger partial charge in [0.25, 0.3) is 0 Å². The van der Waals surface area contributed by atoms with Crippen molar-refractivity contribution in [3.8, 4) is 0 Å². The second-order valence-corrected chi connectivity index (χ2v) is 13.7. The van der Waals surface area contributed by atoms with Gasteiger partial charge in [0.1, 0.15) is 0 Å². The minimum absolute atomic E-state index is 0.0574. The first-order chi connectivity index (χ1) is 16.3. The first-order valence-corrected chi connectivity index (χ1v) is 14.9. The standard InChI is InChI=1S/C30H51NO3/c1-5-20-17-23-25-11-10-24(19(2)7-6-16-34-28(33)31-21-8-9-21)29(25,3)15-13-26(23)30(4)14-12-22(32)18-27(20)30/h19-27,32H,5-18H2,1-4H3,(H,31,33)/t19-,20+,22-,23+,24-,25+,26+,27+,29-,30-/m1/s1. The van der Waals surface area contributed by atoms with E-state index >= 15 is 0 Å². The number of nitrogens with one attached hydrogen (secondary N) is 1. The second-order valence-electron chi connectivity index (χ2n) is 13.7. The lowest BCUT2D eigenvalue weighted by Crippen LogP contribution is -2.56. The van der Waals surface area contributed by atoms with Crippen LogP contribution in [0.2, 0.25) is 0 Å². The molecule has 0 unspecified atom stereocenters. The molecule has 5 rings (SSSR count). The molecule has 4 heteroatoms. The molecule has 0 heterocycles. The van der Waals surface area contributed by atoms with E-state index in [1.54, 1.807) is 0 Å². The Labute approximate surface area is 208 Å². The van der Waals surface area contributed by atoms with Gasteiger partial charge in [0.05, 0.1) is 12.7 Å². The monoisotopic (exact) mass is 473 g/mol. The Morgan fingerprint density at radius 3 is 2.47 bits per heavy atom. The summed E-state index contributed by atoms with van der Waals surface area (Å²) >= 11 is 0. The Kier molecular flexibility index (Phi) is 7.03. The molecular formula is C30H51NO3. The van der Waals surface area contributed by atoms with E-state index < -0.39 is 0 Å². The van der Waals surface area contributed by atoms with Crippen molar-refractivity contribution in [2.45, 2.75) is 123 Å². The molecule has 5 fully saturated rings. The molecule has 5 aliphatic rings. The minimum Gasteiger partial charge on any atom is -0.450 e. The van der Waals surface area contributed by atoms with Gasteiger partial charge in [0.15, 0.2) is 0 Å². The number of alkyl carbamates (subject to hydrolysis) is 1. The smallest absolute Gasteiger partial charge is 0.407 e. The van der Waals surface area contributed by atoms with Crippen LogP contribution in [-0.4, -0.2) is 30.0 Å². The maximum atomic E-state index is 11.8. The summed E-state index contributed by atoms with van der Waals surface area (Å²) in [6.07, 6.45) is 15.8. The van der Waals surface area contributed by atoms with E-state index in [9.17, 15) is 9.90 Å². The normalized spacial score (nSPS) is 46.7. The van der Waals surface area contributed by atoms with Crippen LogP contribution in [0.5, 0.6) is 0 Å². The van der Waals surface area contributed by atoms with Gasteiger partial charge < -0.3 is 15.2 Å². The molecule has 1 amide bonds. The van der Waals surface area contributed by atoms with Gasteiger partial charge in [-0.25, -0.2) is 4.79 Å². The van der Waals surface area contributed by atoms with E-state index in [-0.39, 0.29) is 12.2 Å². The summed E-state index contributed by atoms with van der Waals surface area (Å²) in [5.41, 5.74) is 0.937. The average Bonchev–Trinajstić information content (AvgIpc) is 3.54. The third kappa shape index (κ3) is 4.43. The summed E-state index contributed by atoms with van der Waals surface area (Å²) in [4.78, 5) is 11.8. The summed E-state index contributed by atoms with van der Waals surface area (Å²) in [6, 6.07) is 0.375. The fraction of sp³-hybridized carbons (Fsp3) is 0.967. The molecule has 194 valence electrons. The fourth-order valence-corrected chi connectivity index (χ4v) is 10.1. The summed E-state index contributed by atoms with van der Waals surface area (Å²) < 4.78 is 5.43. The number of hydrogen-bond donors (Lipinski definition) is 2. The first-order valence-electron chi connectivity index (χ1n) is 14.9. The van der Waals surface area contributed by atoms with Gasteiger partial charge in [0.2, 0.25) is 0 Å². The topological polar surface area (TPSA) is 58.6 Å². The molecule has 0 saturated heterocycles. The molecule has 0 spiro atoms. The van der Waals surface area contributed by atoms with Gasteiger partial charge in [-0.1, -0.05) is 34.1 Å². The number of amides is 1. The molecule has 0 aromatic rings. The molecule has 5 saturated carbocycles. The van der Waals surface area contributed by atoms with Crippen molar-refractivity contribution in [2.75, 3.05) is 6.61 Å². The highest BCUT2D eigenvalue weighted by molar-refractivity contribution is 5.67. The predicted molar refractivity (Wildman–Crippen MR) is 136 cm³/mol. The lowest BCUT2D eigenvalue weighted by molar-refractivity contribution is -0.152. The summed E-state index contributed by atoms with van der Waals surface area (Å²) in [5.74, 6) is 5.72. The zero-order valence-electron chi connectivity index (χ0n) is 22.4. The van der Waals surface area contributed by atoms with Gasteiger partial charge in [-0.2, -0.15) is 0 Å². The molecule has 4 nitrogen and oxygen atoms in total. The Morgan fingerprint density at radius 1 is 1.00 bits per heavy atom. The zero-order chi connectivity index (χ0) is 24.1. The Hall–Kier alpha value is -0.770. The number of carbonyl (C=O) groups is 1. The quantitative estimate of drug-likeness (QED) is 0.393. The van der Waals surface area contributed by atoms with Crippen molar-refractivity contribution in [1.82, 2.24) is 5.32 Å². The van der Waals surface area contributed by atoms with Crippen molar-refractivity contribution in [1.29, 1.82) is 0 Å². The Bertz CT molecular complexity index is 737. The van der Waals surface area contributed by atoms with Gasteiger partial charge in [0, 0.05) is 6.04 Å². The van der Waals surface area contributed by atoms with Crippen LogP contribution in [0.3, 0.4) is 0 Å². The Balaban J connectivity index is 1.21. The third-order valence-electron chi connectivity index (χ3n) is 12.0. The summed E-state index contributed by atoms with van der Waals surface area (Å²) in [5, 5.41) is 13.4. The van der Waals surface area contributed by atoms with Crippen molar-refractivity contribution in [2.24, 2.45) is 52.3 Å². The number of fused-ring (bicyclic) bond motifs is 5. The van der Waals surface area contributed by atoms with Crippen LogP contribution in [0.4, 0.5) is 4.79 Å². The fourth-order valence-electron chi connectivity index (χ4n) is 10.1. The highest BCUT2D eigenvalue weighted by atomic mass is 16.5. The highest BCUT2D eigenvalue weighted by Gasteiger charge is 2.62. The molecule has 0 radical (unpaired) electrons. The van der Waals surface area contributed by atoms with E-state index in [1.165, 1.54) is 51.4 Å². The predicted octanol–water partition coefficient (Wildman–Crippen LogP) is 6.95. The van der Waals surface area contributed by atoms with E-state index in [0.717, 1.165) is 67.6 Å². The summed E-state index contributed by atoms with van der Waals surface area (Å²) in [7, 11) is 0. The molecule has 0 aromatic heterocycles. The average molecular weight is 474 g/mol. The highest BCUT2D eigenvalue weighted by Crippen LogP contribution is 2.69. The van der Waals surface area contributed by atoms with Gasteiger partial charge in [-0.05, 0) is 129 Å². The molecule has 0 bridgehead atoms. The lowest BCUT2D eigenvalue weighted by Gasteiger charge is -2.63. The van der Waals surface area contributed by atoms with Crippen molar-refractivity contribution in [3.05, 3.63) is 0 Å². The van der Waals surface area contributed by atoms with Crippen molar-refractivity contribution in [3.63, 3.8) is 0 Å². The number of aliphatic hydroxyl groups is 1. The molecule has 10 atom stereocenters. The number of rotatable bonds is 7. The van der Waals surface area contributed by atoms with E-state index in [2.05, 4.69) is 33.0 Å². The van der Waals surface area contributed by atoms with Crippen molar-refractivity contribution >= 4 is 6.09 Å². The largest absolute Gasteiger partial charge is 0.450 e. The molecule has 2 N–H and O–H groups in total. The minimum atomic E-state index is -0.217. The third-order valence-corrected chi connectivity index (χ3v) is 12.0. The molecule has 5 aliphatic carbocycles. The number of hydrogen-bond acceptors (Lipinski definition) is 3. The van der Waals surface area contributed by atoms with Gasteiger partial charge in [-0.15, -0.1) is 0 Å². The maximum absolute atomic E-state index is 11.8. The van der Waals surface area contributed by atoms with Crippen LogP contribution in [0.25, 0.3) is 0 Å². The van der Waals surface area contributed by atoms with Crippen molar-refractivity contribution < 1.29 is 14.6 Å². The lowest BCUT2D eigenvalue weighted by atomic mass is 9.42. The van der Waals surface area contributed by atoms with Crippen LogP contribution in [0.1, 0.15) is 111 Å². The summed E-state index contributed by atoms with van der Waals surface area (Å²) in [6.45, 7) is 10.7. The van der Waals surface area contributed by atoms with Crippen LogP contribution >= 0.6 is 0 Å². The van der Waals surface area contributed by atoms with E-state index in [0.29, 0.717) is 29.4 Å². The first kappa shape index (κ1) is 24.9. The van der Waals surface area contributed by atoms with Gasteiger partial charge in [-0.3, -0.25) is 0 Å². The van der Waals surface area contributed by atoms with Crippen LogP contribution in [0.15, 0.2) is 0 Å². The molecular weight excluding hydrogens is 422 g/mol. The van der Waals surface area contributed by atoms with Crippen LogP contribution < -0.4 is 5.32 Å². The number of carbonyl (C=O) groups excluding carboxylic acids is 1. The number of aliphatic hydroxyl groups excluding tert-OH is 1. The van der Waals surface area contributed by atoms with E-state index in [1.807, 2.05) is 0 Å².